The minimum Gasteiger partial charge on any atom is -0.489 e. The second-order valence-electron chi connectivity index (χ2n) is 4.27. The summed E-state index contributed by atoms with van der Waals surface area (Å²) in [4.78, 5) is 11.4. The van der Waals surface area contributed by atoms with Crippen molar-refractivity contribution in [2.45, 2.75) is 13.0 Å². The molecule has 2 aromatic carbocycles. The van der Waals surface area contributed by atoms with Gasteiger partial charge in [-0.15, -0.1) is 0 Å². The molecule has 0 bridgehead atoms. The van der Waals surface area contributed by atoms with E-state index in [1.54, 1.807) is 0 Å². The first-order chi connectivity index (χ1) is 9.69. The summed E-state index contributed by atoms with van der Waals surface area (Å²) < 4.78 is 11.6. The number of halogens is 1. The molecular weight excluding hydrogens is 367 g/mol. The molecule has 0 heterocycles. The first-order valence-corrected chi connectivity index (χ1v) is 7.29. The minimum absolute atomic E-state index is 0.244. The van der Waals surface area contributed by atoms with Crippen molar-refractivity contribution in [2.75, 3.05) is 7.11 Å². The normalized spacial score (nSPS) is 10.1. The van der Waals surface area contributed by atoms with Gasteiger partial charge >= 0.3 is 5.97 Å². The molecule has 0 aromatic heterocycles. The van der Waals surface area contributed by atoms with Gasteiger partial charge in [0.2, 0.25) is 0 Å². The molecule has 104 valence electrons. The van der Waals surface area contributed by atoms with Gasteiger partial charge in [0, 0.05) is 3.57 Å². The summed E-state index contributed by atoms with van der Waals surface area (Å²) in [5, 5.41) is 0. The van der Waals surface area contributed by atoms with E-state index in [-0.39, 0.29) is 12.4 Å². The number of esters is 1. The third kappa shape index (κ3) is 4.23. The first kappa shape index (κ1) is 14.8. The van der Waals surface area contributed by atoms with E-state index in [9.17, 15) is 4.79 Å². The average Bonchev–Trinajstić information content (AvgIpc) is 2.46. The van der Waals surface area contributed by atoms with Crippen molar-refractivity contribution in [1.82, 2.24) is 0 Å². The molecule has 0 unspecified atom stereocenters. The number of rotatable bonds is 5. The fourth-order valence-electron chi connectivity index (χ4n) is 1.82. The Balaban J connectivity index is 2.07. The van der Waals surface area contributed by atoms with Crippen LogP contribution in [-0.2, 0) is 22.6 Å². The highest BCUT2D eigenvalue weighted by atomic mass is 127. The Morgan fingerprint density at radius 1 is 1.10 bits per heavy atom. The molecule has 4 heteroatoms. The predicted octanol–water partition coefficient (Wildman–Crippen LogP) is 3.59. The van der Waals surface area contributed by atoms with Gasteiger partial charge in [0.25, 0.3) is 0 Å². The molecule has 0 aliphatic rings. The summed E-state index contributed by atoms with van der Waals surface area (Å²) in [6.07, 6.45) is 0.266. The van der Waals surface area contributed by atoms with Crippen LogP contribution in [0.3, 0.4) is 0 Å². The number of benzene rings is 2. The van der Waals surface area contributed by atoms with Crippen LogP contribution in [0.5, 0.6) is 5.75 Å². The van der Waals surface area contributed by atoms with Crippen LogP contribution in [0.4, 0.5) is 0 Å². The number of carbonyl (C=O) groups is 1. The van der Waals surface area contributed by atoms with Crippen molar-refractivity contribution >= 4 is 28.6 Å². The van der Waals surface area contributed by atoms with E-state index >= 15 is 0 Å². The van der Waals surface area contributed by atoms with Crippen LogP contribution >= 0.6 is 22.6 Å². The van der Waals surface area contributed by atoms with Crippen LogP contribution in [0.2, 0.25) is 0 Å². The Kier molecular flexibility index (Phi) is 5.40. The minimum atomic E-state index is -0.244. The third-order valence-corrected chi connectivity index (χ3v) is 3.54. The van der Waals surface area contributed by atoms with E-state index < -0.39 is 0 Å². The van der Waals surface area contributed by atoms with E-state index in [1.807, 2.05) is 48.5 Å². The largest absolute Gasteiger partial charge is 0.489 e. The molecular formula is C16H15IO3. The zero-order valence-corrected chi connectivity index (χ0v) is 13.3. The summed E-state index contributed by atoms with van der Waals surface area (Å²) >= 11 is 2.25. The SMILES string of the molecule is COC(=O)Cc1ccccc1COc1cccc(I)c1. The van der Waals surface area contributed by atoms with E-state index in [1.165, 1.54) is 7.11 Å². The Bertz CT molecular complexity index is 596. The highest BCUT2D eigenvalue weighted by molar-refractivity contribution is 14.1. The van der Waals surface area contributed by atoms with Crippen LogP contribution in [0.1, 0.15) is 11.1 Å². The van der Waals surface area contributed by atoms with E-state index in [0.29, 0.717) is 6.61 Å². The maximum atomic E-state index is 11.4. The molecule has 0 fully saturated rings. The zero-order chi connectivity index (χ0) is 14.4. The van der Waals surface area contributed by atoms with Gasteiger partial charge in [-0.1, -0.05) is 30.3 Å². The molecule has 20 heavy (non-hydrogen) atoms. The molecule has 0 atom stereocenters. The number of ether oxygens (including phenoxy) is 2. The number of hydrogen-bond donors (Lipinski definition) is 0. The molecule has 0 N–H and O–H groups in total. The Labute approximate surface area is 132 Å². The monoisotopic (exact) mass is 382 g/mol. The Morgan fingerprint density at radius 3 is 2.55 bits per heavy atom. The van der Waals surface area contributed by atoms with Gasteiger partial charge < -0.3 is 9.47 Å². The topological polar surface area (TPSA) is 35.5 Å². The van der Waals surface area contributed by atoms with Crippen LogP contribution in [-0.4, -0.2) is 13.1 Å². The molecule has 0 aliphatic heterocycles. The van der Waals surface area contributed by atoms with Crippen LogP contribution in [0, 0.1) is 3.57 Å². The number of methoxy groups -OCH3 is 1. The molecule has 0 aliphatic carbocycles. The summed E-state index contributed by atoms with van der Waals surface area (Å²) in [6.45, 7) is 0.438. The maximum absolute atomic E-state index is 11.4. The van der Waals surface area contributed by atoms with Gasteiger partial charge in [-0.05, 0) is 51.9 Å². The third-order valence-electron chi connectivity index (χ3n) is 2.87. The molecule has 0 spiro atoms. The van der Waals surface area contributed by atoms with Crippen molar-refractivity contribution in [3.63, 3.8) is 0 Å². The first-order valence-electron chi connectivity index (χ1n) is 6.21. The quantitative estimate of drug-likeness (QED) is 0.586. The lowest BCUT2D eigenvalue weighted by atomic mass is 10.1. The smallest absolute Gasteiger partial charge is 0.309 e. The van der Waals surface area contributed by atoms with Gasteiger partial charge in [0.15, 0.2) is 0 Å². The van der Waals surface area contributed by atoms with Crippen molar-refractivity contribution in [1.29, 1.82) is 0 Å². The second kappa shape index (κ2) is 7.28. The summed E-state index contributed by atoms with van der Waals surface area (Å²) in [7, 11) is 1.40. The second-order valence-corrected chi connectivity index (χ2v) is 5.51. The molecule has 2 rings (SSSR count). The lowest BCUT2D eigenvalue weighted by molar-refractivity contribution is -0.139. The van der Waals surface area contributed by atoms with Crippen molar-refractivity contribution in [3.05, 3.63) is 63.2 Å². The predicted molar refractivity (Wildman–Crippen MR) is 85.7 cm³/mol. The van der Waals surface area contributed by atoms with Gasteiger partial charge in [-0.3, -0.25) is 4.79 Å². The molecule has 0 saturated carbocycles. The average molecular weight is 382 g/mol. The number of carbonyl (C=O) groups excluding carboxylic acids is 1. The van der Waals surface area contributed by atoms with E-state index in [4.69, 9.17) is 9.47 Å². The Morgan fingerprint density at radius 2 is 1.85 bits per heavy atom. The van der Waals surface area contributed by atoms with E-state index in [2.05, 4.69) is 22.6 Å². The Hall–Kier alpha value is -1.56. The van der Waals surface area contributed by atoms with Gasteiger partial charge in [-0.25, -0.2) is 0 Å². The molecule has 0 amide bonds. The van der Waals surface area contributed by atoms with Crippen molar-refractivity contribution in [3.8, 4) is 5.75 Å². The van der Waals surface area contributed by atoms with Gasteiger partial charge in [-0.2, -0.15) is 0 Å². The summed E-state index contributed by atoms with van der Waals surface area (Å²) in [5.41, 5.74) is 1.93. The van der Waals surface area contributed by atoms with Gasteiger partial charge in [0.05, 0.1) is 13.5 Å². The molecule has 3 nitrogen and oxygen atoms in total. The number of hydrogen-bond acceptors (Lipinski definition) is 3. The van der Waals surface area contributed by atoms with Crippen LogP contribution in [0.25, 0.3) is 0 Å². The van der Waals surface area contributed by atoms with Crippen molar-refractivity contribution < 1.29 is 14.3 Å². The van der Waals surface area contributed by atoms with Crippen LogP contribution in [0.15, 0.2) is 48.5 Å². The van der Waals surface area contributed by atoms with Gasteiger partial charge in [0.1, 0.15) is 12.4 Å². The lowest BCUT2D eigenvalue weighted by Gasteiger charge is -2.10. The van der Waals surface area contributed by atoms with E-state index in [0.717, 1.165) is 20.4 Å². The zero-order valence-electron chi connectivity index (χ0n) is 11.1. The van der Waals surface area contributed by atoms with Crippen molar-refractivity contribution in [2.24, 2.45) is 0 Å². The molecule has 0 saturated heterocycles. The maximum Gasteiger partial charge on any atom is 0.309 e. The molecule has 2 aromatic rings. The highest BCUT2D eigenvalue weighted by Gasteiger charge is 2.08. The lowest BCUT2D eigenvalue weighted by Crippen LogP contribution is -2.08. The fourth-order valence-corrected chi connectivity index (χ4v) is 2.33. The summed E-state index contributed by atoms with van der Waals surface area (Å²) in [6, 6.07) is 15.6. The summed E-state index contributed by atoms with van der Waals surface area (Å²) in [5.74, 6) is 0.580. The molecule has 0 radical (unpaired) electrons. The standard InChI is InChI=1S/C16H15IO3/c1-19-16(18)9-12-5-2-3-6-13(12)11-20-15-8-4-7-14(17)10-15/h2-8,10H,9,11H2,1H3. The van der Waals surface area contributed by atoms with Crippen LogP contribution < -0.4 is 4.74 Å². The fraction of sp³-hybridized carbons (Fsp3) is 0.188. The highest BCUT2D eigenvalue weighted by Crippen LogP contribution is 2.18.